The summed E-state index contributed by atoms with van der Waals surface area (Å²) < 4.78 is 78.9. The number of hydrogen-bond donors (Lipinski definition) is 0. The molecule has 0 amide bonds. The van der Waals surface area contributed by atoms with Crippen molar-refractivity contribution in [3.8, 4) is 23.0 Å². The molecule has 0 aliphatic heterocycles. The first kappa shape index (κ1) is 36.0. The van der Waals surface area contributed by atoms with E-state index < -0.39 is 34.2 Å². The van der Waals surface area contributed by atoms with Crippen LogP contribution in [0.3, 0.4) is 0 Å². The predicted octanol–water partition coefficient (Wildman–Crippen LogP) is 2.84. The standard InChI is InChI=1S/C30H34O13S.Na/c1-8-36-29(31)27-17(7)41-20-12-23(39-15(3)4)22(10-18(20)27)38-14-26-28(30(32)37-9-2)19-11-25(43-44(33,34)35)24(40-16(5)6)13-21(19)42-26;/h10-13,15-16H,8-9,14H2,1-7H3,(H,33,34,35);/q;+1/p-1. The summed E-state index contributed by atoms with van der Waals surface area (Å²) in [4.78, 5) is 25.8. The van der Waals surface area contributed by atoms with Crippen molar-refractivity contribution < 1.29 is 88.8 Å². The molecular formula is C30H33NaO13S. The van der Waals surface area contributed by atoms with Gasteiger partial charge in [-0.3, -0.25) is 0 Å². The zero-order chi connectivity index (χ0) is 32.3. The monoisotopic (exact) mass is 656 g/mol. The predicted molar refractivity (Wildman–Crippen MR) is 155 cm³/mol. The van der Waals surface area contributed by atoms with Gasteiger partial charge in [0.05, 0.1) is 25.4 Å². The number of hydrogen-bond acceptors (Lipinski definition) is 13. The average Bonchev–Trinajstić information content (AvgIpc) is 3.41. The van der Waals surface area contributed by atoms with E-state index >= 15 is 0 Å². The molecule has 4 rings (SSSR count). The van der Waals surface area contributed by atoms with Crippen LogP contribution in [0.4, 0.5) is 0 Å². The first-order valence-electron chi connectivity index (χ1n) is 13.8. The van der Waals surface area contributed by atoms with Crippen LogP contribution in [0.15, 0.2) is 33.1 Å². The number of rotatable bonds is 13. The minimum absolute atomic E-state index is 0. The molecule has 238 valence electrons. The van der Waals surface area contributed by atoms with Crippen molar-refractivity contribution in [2.24, 2.45) is 0 Å². The molecule has 0 aliphatic rings. The third kappa shape index (κ3) is 8.44. The molecule has 0 unspecified atom stereocenters. The number of fused-ring (bicyclic) bond motifs is 2. The Hall–Kier alpha value is -3.43. The Bertz CT molecular complexity index is 1800. The number of benzene rings is 2. The molecule has 0 bridgehead atoms. The topological polar surface area (TPSA) is 173 Å². The molecule has 45 heavy (non-hydrogen) atoms. The van der Waals surface area contributed by atoms with Crippen molar-refractivity contribution in [2.45, 2.75) is 67.3 Å². The van der Waals surface area contributed by atoms with Gasteiger partial charge in [0.1, 0.15) is 34.7 Å². The molecule has 2 aromatic heterocycles. The van der Waals surface area contributed by atoms with Gasteiger partial charge < -0.3 is 41.3 Å². The maximum atomic E-state index is 13.1. The third-order valence-corrected chi connectivity index (χ3v) is 6.38. The number of carbonyl (C=O) groups excluding carboxylic acids is 2. The second-order valence-corrected chi connectivity index (χ2v) is 11.1. The van der Waals surface area contributed by atoms with Crippen LogP contribution in [0.5, 0.6) is 23.0 Å². The molecule has 15 heteroatoms. The quantitative estimate of drug-likeness (QED) is 0.0891. The van der Waals surface area contributed by atoms with Crippen LogP contribution in [-0.4, -0.2) is 50.3 Å². The van der Waals surface area contributed by atoms with Gasteiger partial charge in [-0.1, -0.05) is 0 Å². The molecule has 0 saturated heterocycles. The Kier molecular flexibility index (Phi) is 11.8. The Morgan fingerprint density at radius 3 is 1.80 bits per heavy atom. The average molecular weight is 657 g/mol. The number of carbonyl (C=O) groups is 2. The fourth-order valence-corrected chi connectivity index (χ4v) is 4.84. The zero-order valence-electron chi connectivity index (χ0n) is 26.3. The molecule has 0 spiro atoms. The number of esters is 2. The Morgan fingerprint density at radius 1 is 0.778 bits per heavy atom. The molecule has 0 N–H and O–H groups in total. The fraction of sp³-hybridized carbons (Fsp3) is 0.400. The van der Waals surface area contributed by atoms with E-state index in [-0.39, 0.29) is 94.8 Å². The van der Waals surface area contributed by atoms with E-state index in [1.807, 2.05) is 13.8 Å². The molecule has 0 atom stereocenters. The van der Waals surface area contributed by atoms with E-state index in [0.717, 1.165) is 6.07 Å². The van der Waals surface area contributed by atoms with Gasteiger partial charge in [-0.2, -0.15) is 0 Å². The fourth-order valence-electron chi connectivity index (χ4n) is 4.49. The smallest absolute Gasteiger partial charge is 0.716 e. The summed E-state index contributed by atoms with van der Waals surface area (Å²) in [5, 5.41) is 0.527. The second-order valence-electron chi connectivity index (χ2n) is 10.1. The van der Waals surface area contributed by atoms with E-state index in [0.29, 0.717) is 22.5 Å². The van der Waals surface area contributed by atoms with Crippen molar-refractivity contribution in [1.82, 2.24) is 0 Å². The van der Waals surface area contributed by atoms with Gasteiger partial charge in [-0.05, 0) is 60.6 Å². The molecular weight excluding hydrogens is 623 g/mol. The van der Waals surface area contributed by atoms with Gasteiger partial charge in [-0.25, -0.2) is 18.0 Å². The molecule has 4 aromatic rings. The molecule has 0 aliphatic carbocycles. The summed E-state index contributed by atoms with van der Waals surface area (Å²) in [7, 11) is -5.19. The van der Waals surface area contributed by atoms with Crippen molar-refractivity contribution in [3.63, 3.8) is 0 Å². The molecule has 0 saturated carbocycles. The molecule has 0 radical (unpaired) electrons. The van der Waals surface area contributed by atoms with Crippen LogP contribution >= 0.6 is 0 Å². The van der Waals surface area contributed by atoms with Crippen LogP contribution < -0.4 is 48.0 Å². The van der Waals surface area contributed by atoms with E-state index in [1.54, 1.807) is 46.8 Å². The summed E-state index contributed by atoms with van der Waals surface area (Å²) in [6, 6.07) is 5.62. The van der Waals surface area contributed by atoms with Crippen molar-refractivity contribution in [1.29, 1.82) is 0 Å². The number of furan rings is 2. The first-order chi connectivity index (χ1) is 20.7. The third-order valence-electron chi connectivity index (χ3n) is 5.99. The van der Waals surface area contributed by atoms with E-state index in [2.05, 4.69) is 4.18 Å². The minimum Gasteiger partial charge on any atom is -0.716 e. The summed E-state index contributed by atoms with van der Waals surface area (Å²) in [5.41, 5.74) is 0.646. The maximum Gasteiger partial charge on any atom is 1.00 e. The van der Waals surface area contributed by atoms with Gasteiger partial charge in [-0.15, -0.1) is 0 Å². The van der Waals surface area contributed by atoms with Gasteiger partial charge in [0.15, 0.2) is 28.8 Å². The Morgan fingerprint density at radius 2 is 1.27 bits per heavy atom. The summed E-state index contributed by atoms with van der Waals surface area (Å²) >= 11 is 0. The van der Waals surface area contributed by atoms with E-state index in [1.165, 1.54) is 6.07 Å². The minimum atomic E-state index is -5.19. The second kappa shape index (κ2) is 14.8. The number of ether oxygens (including phenoxy) is 5. The van der Waals surface area contributed by atoms with Crippen molar-refractivity contribution in [2.75, 3.05) is 13.2 Å². The van der Waals surface area contributed by atoms with Crippen LogP contribution in [0.2, 0.25) is 0 Å². The Balaban J connectivity index is 0.00000552. The van der Waals surface area contributed by atoms with Gasteiger partial charge in [0.25, 0.3) is 10.4 Å². The molecule has 2 aromatic carbocycles. The van der Waals surface area contributed by atoms with Crippen LogP contribution in [0.1, 0.15) is 73.8 Å². The SMILES string of the molecule is CCOC(=O)c1c(C)oc2cc(OC(C)C)c(OCc3oc4cc(OC(C)C)c(OS(=O)(=O)[O-])cc4c3C(=O)OCC)cc12.[Na+]. The first-order valence-corrected chi connectivity index (χ1v) is 15.2. The van der Waals surface area contributed by atoms with Gasteiger partial charge >= 0.3 is 41.5 Å². The van der Waals surface area contributed by atoms with E-state index in [9.17, 15) is 22.6 Å². The van der Waals surface area contributed by atoms with Crippen LogP contribution in [0.25, 0.3) is 21.9 Å². The molecule has 0 fully saturated rings. The maximum absolute atomic E-state index is 13.1. The summed E-state index contributed by atoms with van der Waals surface area (Å²) in [6.45, 7) is 11.8. The van der Waals surface area contributed by atoms with Gasteiger partial charge in [0.2, 0.25) is 0 Å². The normalized spacial score (nSPS) is 11.5. The molecule has 13 nitrogen and oxygen atoms in total. The zero-order valence-corrected chi connectivity index (χ0v) is 29.1. The van der Waals surface area contributed by atoms with Crippen LogP contribution in [-0.2, 0) is 26.5 Å². The summed E-state index contributed by atoms with van der Waals surface area (Å²) in [5.74, 6) is -1.00. The summed E-state index contributed by atoms with van der Waals surface area (Å²) in [6.07, 6.45) is -0.682. The number of aryl methyl sites for hydroxylation is 1. The van der Waals surface area contributed by atoms with E-state index in [4.69, 9.17) is 32.5 Å². The molecule has 2 heterocycles. The van der Waals surface area contributed by atoms with Crippen LogP contribution in [0, 0.1) is 6.92 Å². The largest absolute Gasteiger partial charge is 1.00 e. The van der Waals surface area contributed by atoms with Crippen molar-refractivity contribution in [3.05, 3.63) is 46.9 Å². The van der Waals surface area contributed by atoms with Crippen molar-refractivity contribution >= 4 is 44.3 Å². The Labute approximate surface area is 282 Å². The van der Waals surface area contributed by atoms with Gasteiger partial charge in [0, 0.05) is 22.9 Å².